The van der Waals surface area contributed by atoms with Gasteiger partial charge in [0.05, 0.1) is 12.0 Å². The van der Waals surface area contributed by atoms with Gasteiger partial charge in [-0.2, -0.15) is 0 Å². The lowest BCUT2D eigenvalue weighted by Crippen LogP contribution is -2.43. The van der Waals surface area contributed by atoms with Gasteiger partial charge in [0.1, 0.15) is 0 Å². The largest absolute Gasteiger partial charge is 0.465 e. The van der Waals surface area contributed by atoms with Gasteiger partial charge in [0.25, 0.3) is 0 Å². The summed E-state index contributed by atoms with van der Waals surface area (Å²) in [6.45, 7) is 2.76. The van der Waals surface area contributed by atoms with E-state index in [0.29, 0.717) is 13.0 Å². The lowest BCUT2D eigenvalue weighted by atomic mass is 9.57. The van der Waals surface area contributed by atoms with E-state index in [2.05, 4.69) is 18.8 Å². The van der Waals surface area contributed by atoms with Crippen molar-refractivity contribution in [3.05, 3.63) is 35.9 Å². The van der Waals surface area contributed by atoms with E-state index in [0.717, 1.165) is 24.8 Å². The molecule has 0 unspecified atom stereocenters. The number of fused-ring (bicyclic) bond motifs is 1. The Morgan fingerprint density at radius 1 is 1.20 bits per heavy atom. The van der Waals surface area contributed by atoms with Crippen molar-refractivity contribution in [1.29, 1.82) is 0 Å². The zero-order chi connectivity index (χ0) is 14.1. The van der Waals surface area contributed by atoms with Crippen molar-refractivity contribution < 1.29 is 9.53 Å². The summed E-state index contributed by atoms with van der Waals surface area (Å²) >= 11 is 0. The molecule has 1 saturated carbocycles. The third-order valence-electron chi connectivity index (χ3n) is 5.05. The fourth-order valence-electron chi connectivity index (χ4n) is 3.60. The standard InChI is InChI=1S/C18H20O2/c1-17-11-5-6-12-18(17,16(19)20-14-17)13-7-10-15-8-3-2-4-9-15/h2-4,8-9H,5-6,11-14H2,1H3/t17-,18-/m1/s1. The smallest absolute Gasteiger partial charge is 0.313 e. The predicted molar refractivity (Wildman–Crippen MR) is 77.9 cm³/mol. The summed E-state index contributed by atoms with van der Waals surface area (Å²) in [5.41, 5.74) is 0.619. The van der Waals surface area contributed by atoms with E-state index >= 15 is 0 Å². The average Bonchev–Trinajstić information content (AvgIpc) is 2.73. The van der Waals surface area contributed by atoms with Gasteiger partial charge in [0.2, 0.25) is 0 Å². The summed E-state index contributed by atoms with van der Waals surface area (Å²) in [5.74, 6) is 6.39. The van der Waals surface area contributed by atoms with Crippen molar-refractivity contribution in [1.82, 2.24) is 0 Å². The SMILES string of the molecule is C[C@]12CCCC[C@@]1(CC#Cc1ccccc1)C(=O)OC2. The average molecular weight is 268 g/mol. The lowest BCUT2D eigenvalue weighted by Gasteiger charge is -2.42. The monoisotopic (exact) mass is 268 g/mol. The summed E-state index contributed by atoms with van der Waals surface area (Å²) in [6, 6.07) is 9.94. The molecule has 1 saturated heterocycles. The van der Waals surface area contributed by atoms with Crippen LogP contribution in [-0.4, -0.2) is 12.6 Å². The Morgan fingerprint density at radius 3 is 2.75 bits per heavy atom. The van der Waals surface area contributed by atoms with E-state index in [1.807, 2.05) is 30.3 Å². The first kappa shape index (κ1) is 13.2. The lowest BCUT2D eigenvalue weighted by molar-refractivity contribution is -0.148. The van der Waals surface area contributed by atoms with Gasteiger partial charge in [-0.05, 0) is 25.0 Å². The normalized spacial score (nSPS) is 31.9. The zero-order valence-corrected chi connectivity index (χ0v) is 11.9. The molecule has 20 heavy (non-hydrogen) atoms. The van der Waals surface area contributed by atoms with Gasteiger partial charge >= 0.3 is 5.97 Å². The van der Waals surface area contributed by atoms with E-state index in [1.165, 1.54) is 6.42 Å². The fourth-order valence-corrected chi connectivity index (χ4v) is 3.60. The van der Waals surface area contributed by atoms with E-state index in [-0.39, 0.29) is 16.8 Å². The summed E-state index contributed by atoms with van der Waals surface area (Å²) in [7, 11) is 0. The number of hydrogen-bond acceptors (Lipinski definition) is 2. The highest BCUT2D eigenvalue weighted by Crippen LogP contribution is 2.57. The molecule has 2 aliphatic rings. The zero-order valence-electron chi connectivity index (χ0n) is 11.9. The topological polar surface area (TPSA) is 26.3 Å². The molecule has 0 radical (unpaired) electrons. The van der Waals surface area contributed by atoms with E-state index in [9.17, 15) is 4.79 Å². The minimum Gasteiger partial charge on any atom is -0.465 e. The second-order valence-corrected chi connectivity index (χ2v) is 6.27. The number of benzene rings is 1. The Kier molecular flexibility index (Phi) is 3.30. The van der Waals surface area contributed by atoms with Crippen molar-refractivity contribution in [2.45, 2.75) is 39.0 Å². The van der Waals surface area contributed by atoms with Crippen molar-refractivity contribution >= 4 is 5.97 Å². The van der Waals surface area contributed by atoms with E-state index in [4.69, 9.17) is 4.74 Å². The highest BCUT2D eigenvalue weighted by atomic mass is 16.5. The molecule has 1 aliphatic heterocycles. The van der Waals surface area contributed by atoms with Gasteiger partial charge in [-0.3, -0.25) is 4.79 Å². The van der Waals surface area contributed by atoms with Crippen LogP contribution < -0.4 is 0 Å². The number of hydrogen-bond donors (Lipinski definition) is 0. The van der Waals surface area contributed by atoms with Gasteiger partial charge in [0.15, 0.2) is 0 Å². The first-order valence-electron chi connectivity index (χ1n) is 7.38. The van der Waals surface area contributed by atoms with Crippen molar-refractivity contribution in [3.63, 3.8) is 0 Å². The van der Waals surface area contributed by atoms with Crippen LogP contribution in [0.4, 0.5) is 0 Å². The molecular weight excluding hydrogens is 248 g/mol. The van der Waals surface area contributed by atoms with Crippen LogP contribution in [0, 0.1) is 22.7 Å². The van der Waals surface area contributed by atoms with E-state index in [1.54, 1.807) is 0 Å². The summed E-state index contributed by atoms with van der Waals surface area (Å²) in [6.07, 6.45) is 4.92. The molecule has 0 spiro atoms. The maximum atomic E-state index is 12.3. The van der Waals surface area contributed by atoms with Gasteiger partial charge < -0.3 is 4.74 Å². The van der Waals surface area contributed by atoms with Gasteiger partial charge in [-0.1, -0.05) is 49.8 Å². The third kappa shape index (κ3) is 2.02. The molecule has 0 N–H and O–H groups in total. The Hall–Kier alpha value is -1.75. The molecule has 3 rings (SSSR count). The molecule has 0 amide bonds. The number of rotatable bonds is 1. The van der Waals surface area contributed by atoms with Crippen LogP contribution in [0.3, 0.4) is 0 Å². The van der Waals surface area contributed by atoms with Crippen LogP contribution in [-0.2, 0) is 9.53 Å². The Balaban J connectivity index is 1.84. The maximum absolute atomic E-state index is 12.3. The minimum atomic E-state index is -0.368. The van der Waals surface area contributed by atoms with Crippen LogP contribution in [0.15, 0.2) is 30.3 Å². The number of ether oxygens (including phenoxy) is 1. The molecule has 2 nitrogen and oxygen atoms in total. The van der Waals surface area contributed by atoms with Crippen molar-refractivity contribution in [3.8, 4) is 11.8 Å². The van der Waals surface area contributed by atoms with Crippen molar-refractivity contribution in [2.24, 2.45) is 10.8 Å². The number of esters is 1. The Bertz CT molecular complexity index is 566. The molecule has 2 atom stereocenters. The molecule has 2 fully saturated rings. The highest BCUT2D eigenvalue weighted by molar-refractivity contribution is 5.80. The molecule has 0 bridgehead atoms. The summed E-state index contributed by atoms with van der Waals surface area (Å²) < 4.78 is 5.40. The number of carbonyl (C=O) groups is 1. The van der Waals surface area contributed by atoms with Gasteiger partial charge in [-0.15, -0.1) is 0 Å². The molecule has 104 valence electrons. The first-order valence-corrected chi connectivity index (χ1v) is 7.38. The second-order valence-electron chi connectivity index (χ2n) is 6.27. The van der Waals surface area contributed by atoms with Crippen LogP contribution in [0.5, 0.6) is 0 Å². The van der Waals surface area contributed by atoms with Gasteiger partial charge in [-0.25, -0.2) is 0 Å². The van der Waals surface area contributed by atoms with Crippen LogP contribution in [0.25, 0.3) is 0 Å². The van der Waals surface area contributed by atoms with Crippen molar-refractivity contribution in [2.75, 3.05) is 6.61 Å². The predicted octanol–water partition coefficient (Wildman–Crippen LogP) is 3.55. The first-order chi connectivity index (χ1) is 9.66. The molecule has 1 aliphatic carbocycles. The van der Waals surface area contributed by atoms with Crippen LogP contribution in [0.1, 0.15) is 44.6 Å². The second kappa shape index (κ2) is 4.98. The molecule has 1 aromatic rings. The molecule has 1 aromatic carbocycles. The number of carbonyl (C=O) groups excluding carboxylic acids is 1. The fraction of sp³-hybridized carbons (Fsp3) is 0.500. The minimum absolute atomic E-state index is 0.0201. The quantitative estimate of drug-likeness (QED) is 0.575. The number of cyclic esters (lactones) is 1. The van der Waals surface area contributed by atoms with Crippen LogP contribution >= 0.6 is 0 Å². The molecule has 0 aromatic heterocycles. The van der Waals surface area contributed by atoms with Crippen LogP contribution in [0.2, 0.25) is 0 Å². The van der Waals surface area contributed by atoms with Gasteiger partial charge in [0, 0.05) is 17.4 Å². The molecule has 1 heterocycles. The van der Waals surface area contributed by atoms with E-state index < -0.39 is 0 Å². The molecule has 2 heteroatoms. The summed E-state index contributed by atoms with van der Waals surface area (Å²) in [4.78, 5) is 12.3. The summed E-state index contributed by atoms with van der Waals surface area (Å²) in [5, 5.41) is 0. The highest BCUT2D eigenvalue weighted by Gasteiger charge is 2.60. The Labute approximate surface area is 120 Å². The third-order valence-corrected chi connectivity index (χ3v) is 5.05. The maximum Gasteiger partial charge on any atom is 0.313 e. The Morgan fingerprint density at radius 2 is 1.95 bits per heavy atom. The molecular formula is C18H20O2.